The number of fused-ring (bicyclic) bond motifs is 1. The van der Waals surface area contributed by atoms with Gasteiger partial charge in [0.25, 0.3) is 0 Å². The van der Waals surface area contributed by atoms with Crippen molar-refractivity contribution in [3.8, 4) is 16.3 Å². The van der Waals surface area contributed by atoms with E-state index >= 15 is 0 Å². The molecule has 0 amide bonds. The average Bonchev–Trinajstić information content (AvgIpc) is 3.65. The van der Waals surface area contributed by atoms with Crippen LogP contribution in [0.4, 0.5) is 0 Å². The van der Waals surface area contributed by atoms with Crippen molar-refractivity contribution in [3.63, 3.8) is 0 Å². The van der Waals surface area contributed by atoms with Crippen molar-refractivity contribution in [2.24, 2.45) is 5.41 Å². The number of aromatic nitrogens is 2. The van der Waals surface area contributed by atoms with Crippen LogP contribution < -0.4 is 10.1 Å². The van der Waals surface area contributed by atoms with Crippen molar-refractivity contribution in [1.29, 1.82) is 0 Å². The van der Waals surface area contributed by atoms with E-state index in [1.54, 1.807) is 38.3 Å². The van der Waals surface area contributed by atoms with Crippen LogP contribution >= 0.6 is 11.3 Å². The van der Waals surface area contributed by atoms with Crippen molar-refractivity contribution >= 4 is 34.0 Å². The van der Waals surface area contributed by atoms with Gasteiger partial charge in [-0.05, 0) is 70.0 Å². The van der Waals surface area contributed by atoms with Gasteiger partial charge in [0.05, 0.1) is 11.5 Å². The molecule has 2 atom stereocenters. The second kappa shape index (κ2) is 10.7. The fraction of sp³-hybridized carbons (Fsp3) is 0.367. The maximum absolute atomic E-state index is 12.4. The summed E-state index contributed by atoms with van der Waals surface area (Å²) in [5, 5.41) is 17.1. The van der Waals surface area contributed by atoms with E-state index < -0.39 is 17.5 Å². The van der Waals surface area contributed by atoms with Gasteiger partial charge in [-0.15, -0.1) is 11.3 Å². The number of carboxylic acids is 1. The number of carbonyl (C=O) groups excluding carboxylic acids is 1. The molecule has 0 bridgehead atoms. The zero-order valence-corrected chi connectivity index (χ0v) is 22.8. The number of Topliss-reactive ketones (excluding diaryl/α,β-unsaturated/α-hetero) is 1. The first-order chi connectivity index (χ1) is 18.2. The number of rotatable bonds is 10. The predicted molar refractivity (Wildman–Crippen MR) is 150 cm³/mol. The summed E-state index contributed by atoms with van der Waals surface area (Å²) in [6.45, 7) is 6.58. The van der Waals surface area contributed by atoms with Gasteiger partial charge in [-0.2, -0.15) is 0 Å². The Bertz CT molecular complexity index is 1430. The number of nitrogens with one attached hydrogen (secondary N) is 1. The quantitative estimate of drug-likeness (QED) is 0.279. The summed E-state index contributed by atoms with van der Waals surface area (Å²) in [7, 11) is 0. The van der Waals surface area contributed by atoms with Gasteiger partial charge in [0.2, 0.25) is 0 Å². The lowest BCUT2D eigenvalue weighted by molar-refractivity contribution is -0.146. The lowest BCUT2D eigenvalue weighted by Crippen LogP contribution is -2.43. The van der Waals surface area contributed by atoms with E-state index in [0.29, 0.717) is 18.7 Å². The molecule has 1 saturated heterocycles. The van der Waals surface area contributed by atoms with E-state index in [0.717, 1.165) is 52.1 Å². The van der Waals surface area contributed by atoms with E-state index in [1.807, 2.05) is 29.6 Å². The summed E-state index contributed by atoms with van der Waals surface area (Å²) in [4.78, 5) is 28.7. The predicted octanol–water partition coefficient (Wildman–Crippen LogP) is 5.55. The van der Waals surface area contributed by atoms with Gasteiger partial charge in [0.15, 0.2) is 11.9 Å². The fourth-order valence-corrected chi connectivity index (χ4v) is 5.75. The van der Waals surface area contributed by atoms with Gasteiger partial charge in [-0.3, -0.25) is 9.59 Å². The number of ketones is 1. The van der Waals surface area contributed by atoms with E-state index in [2.05, 4.69) is 39.1 Å². The third-order valence-corrected chi connectivity index (χ3v) is 8.08. The molecule has 5 rings (SSSR count). The molecule has 3 heterocycles. The Balaban J connectivity index is 1.48. The van der Waals surface area contributed by atoms with Crippen LogP contribution in [0.1, 0.15) is 44.9 Å². The summed E-state index contributed by atoms with van der Waals surface area (Å²) >= 11 is 1.61. The normalized spacial score (nSPS) is 16.6. The molecule has 0 aliphatic carbocycles. The van der Waals surface area contributed by atoms with Crippen LogP contribution in [-0.4, -0.2) is 45.1 Å². The van der Waals surface area contributed by atoms with E-state index in [4.69, 9.17) is 4.74 Å². The molecular formula is C30H33N3O4S. The number of hydrogen-bond acceptors (Lipinski definition) is 6. The molecule has 1 aliphatic heterocycles. The van der Waals surface area contributed by atoms with E-state index in [1.165, 1.54) is 0 Å². The zero-order valence-electron chi connectivity index (χ0n) is 21.9. The molecule has 1 fully saturated rings. The third kappa shape index (κ3) is 5.51. The Morgan fingerprint density at radius 2 is 2.00 bits per heavy atom. The second-order valence-corrected chi connectivity index (χ2v) is 11.6. The summed E-state index contributed by atoms with van der Waals surface area (Å²) < 4.78 is 8.39. The van der Waals surface area contributed by atoms with Gasteiger partial charge in [0, 0.05) is 46.7 Å². The number of nitrogens with zero attached hydrogens (tertiary/aromatic N) is 2. The number of thiazole rings is 1. The minimum atomic E-state index is -0.923. The average molecular weight is 532 g/mol. The molecule has 0 radical (unpaired) electrons. The first-order valence-electron chi connectivity index (χ1n) is 13.0. The molecule has 7 nitrogen and oxygen atoms in total. The molecule has 1 unspecified atom stereocenters. The maximum Gasteiger partial charge on any atom is 0.309 e. The molecule has 2 aromatic carbocycles. The van der Waals surface area contributed by atoms with Crippen molar-refractivity contribution in [3.05, 3.63) is 71.4 Å². The molecule has 4 aromatic rings. The van der Waals surface area contributed by atoms with Crippen LogP contribution in [0.15, 0.2) is 60.1 Å². The van der Waals surface area contributed by atoms with Crippen molar-refractivity contribution in [2.45, 2.75) is 58.7 Å². The van der Waals surface area contributed by atoms with Crippen LogP contribution in [-0.2, 0) is 22.6 Å². The van der Waals surface area contributed by atoms with Crippen LogP contribution in [0.25, 0.3) is 21.5 Å². The molecule has 0 saturated carbocycles. The highest BCUT2D eigenvalue weighted by atomic mass is 32.1. The number of aliphatic carboxylic acids is 1. The number of ether oxygens (including phenoxy) is 1. The van der Waals surface area contributed by atoms with Crippen molar-refractivity contribution in [2.75, 3.05) is 6.54 Å². The molecule has 2 aromatic heterocycles. The molecule has 198 valence electrons. The monoisotopic (exact) mass is 531 g/mol. The molecule has 38 heavy (non-hydrogen) atoms. The van der Waals surface area contributed by atoms with Crippen LogP contribution in [0.2, 0.25) is 0 Å². The smallest absolute Gasteiger partial charge is 0.309 e. The van der Waals surface area contributed by atoms with Crippen molar-refractivity contribution in [1.82, 2.24) is 14.9 Å². The number of hydrogen-bond donors (Lipinski definition) is 2. The van der Waals surface area contributed by atoms with Gasteiger partial charge >= 0.3 is 5.97 Å². The summed E-state index contributed by atoms with van der Waals surface area (Å²) in [5.41, 5.74) is 3.20. The molecule has 8 heteroatoms. The van der Waals surface area contributed by atoms with Gasteiger partial charge in [-0.25, -0.2) is 4.98 Å². The first kappa shape index (κ1) is 26.1. The first-order valence-corrected chi connectivity index (χ1v) is 13.8. The van der Waals surface area contributed by atoms with E-state index in [9.17, 15) is 14.7 Å². The standard InChI is InChI=1S/C30H33N3O4S/c1-19(34)27(25-5-4-12-31-25)37-24-10-11-26-22(16-24)15-23(17-30(2,3)29(35)36)33(26)18-20-6-8-21(9-7-20)28-32-13-14-38-28/h6-11,13-16,25,27,31H,4-5,12,17-18H2,1-3H3,(H,35,36)/t25?,27-/m1/s1. The van der Waals surface area contributed by atoms with Crippen LogP contribution in [0.5, 0.6) is 5.75 Å². The van der Waals surface area contributed by atoms with Gasteiger partial charge in [0.1, 0.15) is 10.8 Å². The summed E-state index contributed by atoms with van der Waals surface area (Å²) in [6.07, 6.45) is 3.61. The fourth-order valence-electron chi connectivity index (χ4n) is 5.11. The number of carbonyl (C=O) groups is 2. The highest BCUT2D eigenvalue weighted by Gasteiger charge is 2.31. The van der Waals surface area contributed by atoms with Crippen LogP contribution in [0.3, 0.4) is 0 Å². The number of carboxylic acid groups (broad SMARTS) is 1. The Labute approximate surface area is 226 Å². The minimum Gasteiger partial charge on any atom is -0.481 e. The minimum absolute atomic E-state index is 0.00663. The summed E-state index contributed by atoms with van der Waals surface area (Å²) in [6, 6.07) is 16.3. The lowest BCUT2D eigenvalue weighted by atomic mass is 9.88. The van der Waals surface area contributed by atoms with Crippen LogP contribution in [0, 0.1) is 5.41 Å². The molecular weight excluding hydrogens is 498 g/mol. The maximum atomic E-state index is 12.4. The Morgan fingerprint density at radius 1 is 1.21 bits per heavy atom. The Hall–Kier alpha value is -3.49. The summed E-state index contributed by atoms with van der Waals surface area (Å²) in [5.74, 6) is -0.188. The molecule has 1 aliphatic rings. The molecule has 2 N–H and O–H groups in total. The van der Waals surface area contributed by atoms with Crippen molar-refractivity contribution < 1.29 is 19.4 Å². The lowest BCUT2D eigenvalue weighted by Gasteiger charge is -2.22. The largest absolute Gasteiger partial charge is 0.481 e. The SMILES string of the molecule is CC(=O)[C@@H](Oc1ccc2c(c1)cc(CC(C)(C)C(=O)O)n2Cc1ccc(-c2nccs2)cc1)C1CCCN1. The Kier molecular flexibility index (Phi) is 7.36. The zero-order chi connectivity index (χ0) is 26.9. The van der Waals surface area contributed by atoms with Gasteiger partial charge in [-0.1, -0.05) is 24.3 Å². The van der Waals surface area contributed by atoms with Gasteiger partial charge < -0.3 is 19.7 Å². The van der Waals surface area contributed by atoms with E-state index in [-0.39, 0.29) is 11.8 Å². The Morgan fingerprint density at radius 3 is 2.63 bits per heavy atom. The third-order valence-electron chi connectivity index (χ3n) is 7.26. The second-order valence-electron chi connectivity index (χ2n) is 10.7. The highest BCUT2D eigenvalue weighted by Crippen LogP contribution is 2.31. The topological polar surface area (TPSA) is 93.5 Å². The molecule has 0 spiro atoms. The number of benzene rings is 2. The highest BCUT2D eigenvalue weighted by molar-refractivity contribution is 7.13.